The van der Waals surface area contributed by atoms with Crippen molar-refractivity contribution in [3.63, 3.8) is 0 Å². The van der Waals surface area contributed by atoms with Gasteiger partial charge in [0.1, 0.15) is 17.3 Å². The lowest BCUT2D eigenvalue weighted by Gasteiger charge is -2.10. The second-order valence-electron chi connectivity index (χ2n) is 4.23. The van der Waals surface area contributed by atoms with Gasteiger partial charge >= 0.3 is 0 Å². The minimum Gasteiger partial charge on any atom is -0.496 e. The van der Waals surface area contributed by atoms with Gasteiger partial charge in [0.05, 0.1) is 19.8 Å². The van der Waals surface area contributed by atoms with E-state index >= 15 is 0 Å². The number of methoxy groups -OCH3 is 2. The van der Waals surface area contributed by atoms with Crippen LogP contribution in [-0.4, -0.2) is 20.0 Å². The van der Waals surface area contributed by atoms with Crippen molar-refractivity contribution in [2.75, 3.05) is 14.2 Å². The standard InChI is InChI=1S/C16H15FO3/c1-19-14-8-4-3-6-11(14)10-13(18)16-12(17)7-5-9-15(16)20-2/h3-9H,10H2,1-2H3. The Morgan fingerprint density at radius 3 is 2.35 bits per heavy atom. The van der Waals surface area contributed by atoms with E-state index in [0.717, 1.165) is 0 Å². The van der Waals surface area contributed by atoms with Crippen LogP contribution in [0.1, 0.15) is 15.9 Å². The predicted octanol–water partition coefficient (Wildman–Crippen LogP) is 3.27. The number of halogens is 1. The minimum atomic E-state index is -0.579. The fourth-order valence-electron chi connectivity index (χ4n) is 2.06. The zero-order valence-corrected chi connectivity index (χ0v) is 11.4. The maximum atomic E-state index is 13.8. The Morgan fingerprint density at radius 1 is 1.00 bits per heavy atom. The second kappa shape index (κ2) is 6.19. The number of Topliss-reactive ketones (excluding diaryl/α,β-unsaturated/α-hetero) is 1. The number of benzene rings is 2. The van der Waals surface area contributed by atoms with Crippen LogP contribution < -0.4 is 9.47 Å². The van der Waals surface area contributed by atoms with Gasteiger partial charge in [-0.3, -0.25) is 4.79 Å². The van der Waals surface area contributed by atoms with E-state index in [2.05, 4.69) is 0 Å². The highest BCUT2D eigenvalue weighted by atomic mass is 19.1. The van der Waals surface area contributed by atoms with Crippen LogP contribution in [0, 0.1) is 5.82 Å². The van der Waals surface area contributed by atoms with Gasteiger partial charge in [-0.25, -0.2) is 4.39 Å². The molecule has 0 fully saturated rings. The number of hydrogen-bond acceptors (Lipinski definition) is 3. The Morgan fingerprint density at radius 2 is 1.65 bits per heavy atom. The van der Waals surface area contributed by atoms with Crippen molar-refractivity contribution in [3.8, 4) is 11.5 Å². The molecule has 2 rings (SSSR count). The van der Waals surface area contributed by atoms with Crippen LogP contribution in [0.5, 0.6) is 11.5 Å². The number of carbonyl (C=O) groups is 1. The van der Waals surface area contributed by atoms with E-state index in [1.807, 2.05) is 12.1 Å². The first kappa shape index (κ1) is 14.1. The summed E-state index contributed by atoms with van der Waals surface area (Å²) in [5.74, 6) is -0.0743. The Bertz CT molecular complexity index is 623. The molecule has 0 radical (unpaired) electrons. The zero-order valence-electron chi connectivity index (χ0n) is 11.4. The molecule has 0 spiro atoms. The molecule has 0 heterocycles. The highest BCUT2D eigenvalue weighted by Gasteiger charge is 2.19. The quantitative estimate of drug-likeness (QED) is 0.785. The third-order valence-electron chi connectivity index (χ3n) is 3.02. The molecular weight excluding hydrogens is 259 g/mol. The monoisotopic (exact) mass is 274 g/mol. The summed E-state index contributed by atoms with van der Waals surface area (Å²) in [4.78, 5) is 12.3. The summed E-state index contributed by atoms with van der Waals surface area (Å²) in [7, 11) is 2.95. The number of rotatable bonds is 5. The fourth-order valence-corrected chi connectivity index (χ4v) is 2.06. The van der Waals surface area contributed by atoms with Crippen LogP contribution in [0.25, 0.3) is 0 Å². The number of carbonyl (C=O) groups excluding carboxylic acids is 1. The molecule has 0 aliphatic heterocycles. The SMILES string of the molecule is COc1ccccc1CC(=O)c1c(F)cccc1OC. The maximum absolute atomic E-state index is 13.8. The summed E-state index contributed by atoms with van der Waals surface area (Å²) in [6.45, 7) is 0. The van der Waals surface area contributed by atoms with E-state index in [0.29, 0.717) is 11.3 Å². The first-order chi connectivity index (χ1) is 9.67. The van der Waals surface area contributed by atoms with Gasteiger partial charge in [0.25, 0.3) is 0 Å². The summed E-state index contributed by atoms with van der Waals surface area (Å²) in [6, 6.07) is 11.5. The summed E-state index contributed by atoms with van der Waals surface area (Å²) >= 11 is 0. The van der Waals surface area contributed by atoms with Crippen LogP contribution >= 0.6 is 0 Å². The summed E-state index contributed by atoms with van der Waals surface area (Å²) in [5, 5.41) is 0. The molecule has 0 saturated carbocycles. The Balaban J connectivity index is 2.33. The molecule has 20 heavy (non-hydrogen) atoms. The number of ketones is 1. The largest absolute Gasteiger partial charge is 0.496 e. The molecule has 2 aromatic rings. The van der Waals surface area contributed by atoms with E-state index in [1.165, 1.54) is 26.4 Å². The molecule has 0 saturated heterocycles. The topological polar surface area (TPSA) is 35.5 Å². The van der Waals surface area contributed by atoms with E-state index < -0.39 is 5.82 Å². The summed E-state index contributed by atoms with van der Waals surface area (Å²) < 4.78 is 24.1. The third kappa shape index (κ3) is 2.79. The highest BCUT2D eigenvalue weighted by molar-refractivity contribution is 6.00. The van der Waals surface area contributed by atoms with Crippen molar-refractivity contribution >= 4 is 5.78 Å². The minimum absolute atomic E-state index is 0.0269. The molecule has 0 bridgehead atoms. The molecule has 4 heteroatoms. The van der Waals surface area contributed by atoms with Crippen molar-refractivity contribution < 1.29 is 18.7 Å². The van der Waals surface area contributed by atoms with Crippen LogP contribution in [0.4, 0.5) is 4.39 Å². The van der Waals surface area contributed by atoms with Gasteiger partial charge in [0, 0.05) is 12.0 Å². The Hall–Kier alpha value is -2.36. The third-order valence-corrected chi connectivity index (χ3v) is 3.02. The van der Waals surface area contributed by atoms with Crippen molar-refractivity contribution in [1.29, 1.82) is 0 Å². The molecule has 0 atom stereocenters. The lowest BCUT2D eigenvalue weighted by atomic mass is 10.0. The molecule has 104 valence electrons. The first-order valence-electron chi connectivity index (χ1n) is 6.15. The summed E-state index contributed by atoms with van der Waals surface area (Å²) in [6.07, 6.45) is 0.0569. The van der Waals surface area contributed by atoms with Crippen LogP contribution in [0.15, 0.2) is 42.5 Å². The van der Waals surface area contributed by atoms with Gasteiger partial charge in [-0.05, 0) is 18.2 Å². The maximum Gasteiger partial charge on any atom is 0.174 e. The van der Waals surface area contributed by atoms with Crippen molar-refractivity contribution in [1.82, 2.24) is 0 Å². The predicted molar refractivity (Wildman–Crippen MR) is 74.0 cm³/mol. The number of ether oxygens (including phenoxy) is 2. The average molecular weight is 274 g/mol. The molecule has 0 N–H and O–H groups in total. The van der Waals surface area contributed by atoms with Gasteiger partial charge in [0.2, 0.25) is 0 Å². The molecule has 0 aliphatic rings. The van der Waals surface area contributed by atoms with Gasteiger partial charge in [0.15, 0.2) is 5.78 Å². The smallest absolute Gasteiger partial charge is 0.174 e. The van der Waals surface area contributed by atoms with Crippen LogP contribution in [-0.2, 0) is 6.42 Å². The second-order valence-corrected chi connectivity index (χ2v) is 4.23. The molecule has 0 amide bonds. The van der Waals surface area contributed by atoms with Crippen LogP contribution in [0.2, 0.25) is 0 Å². The molecule has 3 nitrogen and oxygen atoms in total. The lowest BCUT2D eigenvalue weighted by Crippen LogP contribution is -2.09. The summed E-state index contributed by atoms with van der Waals surface area (Å²) in [5.41, 5.74) is 0.686. The van der Waals surface area contributed by atoms with Crippen molar-refractivity contribution in [2.24, 2.45) is 0 Å². The van der Waals surface area contributed by atoms with Crippen LogP contribution in [0.3, 0.4) is 0 Å². The van der Waals surface area contributed by atoms with Gasteiger partial charge in [-0.1, -0.05) is 24.3 Å². The molecule has 0 aromatic heterocycles. The van der Waals surface area contributed by atoms with E-state index in [-0.39, 0.29) is 23.5 Å². The van der Waals surface area contributed by atoms with Gasteiger partial charge in [-0.15, -0.1) is 0 Å². The zero-order chi connectivity index (χ0) is 14.5. The molecule has 0 unspecified atom stereocenters. The average Bonchev–Trinajstić information content (AvgIpc) is 2.47. The van der Waals surface area contributed by atoms with E-state index in [4.69, 9.17) is 9.47 Å². The van der Waals surface area contributed by atoms with E-state index in [1.54, 1.807) is 18.2 Å². The number of hydrogen-bond donors (Lipinski definition) is 0. The Labute approximate surface area is 117 Å². The Kier molecular flexibility index (Phi) is 4.35. The van der Waals surface area contributed by atoms with Gasteiger partial charge in [-0.2, -0.15) is 0 Å². The number of para-hydroxylation sites is 1. The molecule has 2 aromatic carbocycles. The van der Waals surface area contributed by atoms with Gasteiger partial charge < -0.3 is 9.47 Å². The molecule has 0 aliphatic carbocycles. The lowest BCUT2D eigenvalue weighted by molar-refractivity contribution is 0.0985. The van der Waals surface area contributed by atoms with Crippen molar-refractivity contribution in [2.45, 2.75) is 6.42 Å². The van der Waals surface area contributed by atoms with E-state index in [9.17, 15) is 9.18 Å². The normalized spacial score (nSPS) is 10.2. The molecular formula is C16H15FO3. The highest BCUT2D eigenvalue weighted by Crippen LogP contribution is 2.25. The first-order valence-corrected chi connectivity index (χ1v) is 6.15. The van der Waals surface area contributed by atoms with Crippen molar-refractivity contribution in [3.05, 3.63) is 59.4 Å². The fraction of sp³-hybridized carbons (Fsp3) is 0.188.